The summed E-state index contributed by atoms with van der Waals surface area (Å²) in [5, 5.41) is 8.21. The molecule has 0 spiro atoms. The second-order valence-corrected chi connectivity index (χ2v) is 3.86. The van der Waals surface area contributed by atoms with Gasteiger partial charge < -0.3 is 5.11 Å². The Kier molecular flexibility index (Phi) is 3.98. The average Bonchev–Trinajstić information content (AvgIpc) is 2.09. The van der Waals surface area contributed by atoms with Crippen LogP contribution in [0.5, 0.6) is 0 Å². The molecule has 0 amide bonds. The molecular weight excluding hydrogens is 295 g/mol. The van der Waals surface area contributed by atoms with Gasteiger partial charge in [-0.25, -0.2) is 13.8 Å². The molecule has 0 saturated heterocycles. The van der Waals surface area contributed by atoms with E-state index in [0.717, 1.165) is 6.07 Å². The summed E-state index contributed by atoms with van der Waals surface area (Å²) in [4.78, 5) is 14.1. The number of halogens is 4. The SMILES string of the molecule is O=C(O)Cc1nc(Br)cc(C(F)F)c1Cl. The van der Waals surface area contributed by atoms with Crippen LogP contribution >= 0.6 is 27.5 Å². The normalized spacial score (nSPS) is 10.7. The first-order valence-electron chi connectivity index (χ1n) is 3.76. The van der Waals surface area contributed by atoms with Gasteiger partial charge in [-0.2, -0.15) is 0 Å². The quantitative estimate of drug-likeness (QED) is 0.873. The molecule has 0 unspecified atom stereocenters. The van der Waals surface area contributed by atoms with Crippen molar-refractivity contribution >= 4 is 33.5 Å². The number of rotatable bonds is 3. The fourth-order valence-corrected chi connectivity index (χ4v) is 1.69. The van der Waals surface area contributed by atoms with Gasteiger partial charge in [0, 0.05) is 5.56 Å². The minimum atomic E-state index is -2.76. The summed E-state index contributed by atoms with van der Waals surface area (Å²) < 4.78 is 25.0. The van der Waals surface area contributed by atoms with Gasteiger partial charge >= 0.3 is 5.97 Å². The standard InChI is InChI=1S/C8H5BrClF2NO2/c9-5-1-3(8(11)12)7(10)4(13-5)2-6(14)15/h1,8H,2H2,(H,14,15). The summed E-state index contributed by atoms with van der Waals surface area (Å²) in [5.41, 5.74) is -0.497. The number of hydrogen-bond acceptors (Lipinski definition) is 2. The molecule has 3 nitrogen and oxygen atoms in total. The maximum atomic E-state index is 12.4. The number of aliphatic carboxylic acids is 1. The summed E-state index contributed by atoms with van der Waals surface area (Å²) in [6.45, 7) is 0. The zero-order valence-corrected chi connectivity index (χ0v) is 9.52. The zero-order chi connectivity index (χ0) is 11.6. The number of aromatic nitrogens is 1. The topological polar surface area (TPSA) is 50.2 Å². The number of hydrogen-bond donors (Lipinski definition) is 1. The van der Waals surface area contributed by atoms with Crippen molar-refractivity contribution in [1.29, 1.82) is 0 Å². The summed E-state index contributed by atoms with van der Waals surface area (Å²) in [6, 6.07) is 1.07. The van der Waals surface area contributed by atoms with E-state index in [2.05, 4.69) is 20.9 Å². The minimum Gasteiger partial charge on any atom is -0.481 e. The second-order valence-electron chi connectivity index (χ2n) is 2.67. The highest BCUT2D eigenvalue weighted by Crippen LogP contribution is 2.31. The number of carboxylic acids is 1. The van der Waals surface area contributed by atoms with E-state index in [-0.39, 0.29) is 15.3 Å². The third kappa shape index (κ3) is 3.10. The Balaban J connectivity index is 3.21. The molecule has 1 N–H and O–H groups in total. The van der Waals surface area contributed by atoms with Gasteiger partial charge in [-0.1, -0.05) is 11.6 Å². The highest BCUT2D eigenvalue weighted by atomic mass is 79.9. The van der Waals surface area contributed by atoms with Gasteiger partial charge in [0.15, 0.2) is 0 Å². The van der Waals surface area contributed by atoms with Gasteiger partial charge in [-0.05, 0) is 22.0 Å². The monoisotopic (exact) mass is 299 g/mol. The van der Waals surface area contributed by atoms with Crippen LogP contribution in [0, 0.1) is 0 Å². The third-order valence-electron chi connectivity index (χ3n) is 1.58. The molecule has 0 aliphatic rings. The molecule has 0 aliphatic carbocycles. The lowest BCUT2D eigenvalue weighted by Gasteiger charge is -2.07. The Hall–Kier alpha value is -0.750. The van der Waals surface area contributed by atoms with Gasteiger partial charge in [0.2, 0.25) is 0 Å². The number of carboxylic acid groups (broad SMARTS) is 1. The molecule has 1 heterocycles. The van der Waals surface area contributed by atoms with Gasteiger partial charge in [0.25, 0.3) is 6.43 Å². The van der Waals surface area contributed by atoms with Crippen molar-refractivity contribution in [3.8, 4) is 0 Å². The number of carbonyl (C=O) groups is 1. The Morgan fingerprint density at radius 3 is 2.73 bits per heavy atom. The van der Waals surface area contributed by atoms with E-state index < -0.39 is 24.4 Å². The Labute approximate surface area is 97.2 Å². The molecule has 0 radical (unpaired) electrons. The summed E-state index contributed by atoms with van der Waals surface area (Å²) in [7, 11) is 0. The van der Waals surface area contributed by atoms with Crippen molar-refractivity contribution in [3.05, 3.63) is 26.9 Å². The molecule has 82 valence electrons. The number of alkyl halides is 2. The van der Waals surface area contributed by atoms with Crippen LogP contribution in [0.4, 0.5) is 8.78 Å². The third-order valence-corrected chi connectivity index (χ3v) is 2.42. The van der Waals surface area contributed by atoms with Crippen LogP contribution in [-0.2, 0) is 11.2 Å². The van der Waals surface area contributed by atoms with Crippen LogP contribution in [-0.4, -0.2) is 16.1 Å². The molecule has 1 aromatic heterocycles. The van der Waals surface area contributed by atoms with E-state index in [1.807, 2.05) is 0 Å². The Bertz CT molecular complexity index is 400. The molecule has 0 bridgehead atoms. The first-order chi connectivity index (χ1) is 6.91. The van der Waals surface area contributed by atoms with E-state index in [0.29, 0.717) is 0 Å². The molecule has 0 saturated carbocycles. The van der Waals surface area contributed by atoms with Crippen molar-refractivity contribution in [2.45, 2.75) is 12.8 Å². The maximum Gasteiger partial charge on any atom is 0.309 e. The summed E-state index contributed by atoms with van der Waals surface area (Å²) in [6.07, 6.45) is -3.25. The molecule has 0 aromatic carbocycles. The van der Waals surface area contributed by atoms with Gasteiger partial charge in [-0.3, -0.25) is 4.79 Å². The Morgan fingerprint density at radius 1 is 1.67 bits per heavy atom. The average molecular weight is 300 g/mol. The van der Waals surface area contributed by atoms with Crippen molar-refractivity contribution in [2.75, 3.05) is 0 Å². The van der Waals surface area contributed by atoms with E-state index >= 15 is 0 Å². The maximum absolute atomic E-state index is 12.4. The molecule has 0 atom stereocenters. The van der Waals surface area contributed by atoms with E-state index in [1.165, 1.54) is 0 Å². The minimum absolute atomic E-state index is 0.0751. The molecular formula is C8H5BrClF2NO2. The smallest absolute Gasteiger partial charge is 0.309 e. The number of nitrogens with zero attached hydrogens (tertiary/aromatic N) is 1. The first-order valence-corrected chi connectivity index (χ1v) is 4.93. The molecule has 7 heteroatoms. The summed E-state index contributed by atoms with van der Waals surface area (Å²) >= 11 is 8.50. The number of pyridine rings is 1. The fraction of sp³-hybridized carbons (Fsp3) is 0.250. The van der Waals surface area contributed by atoms with Crippen LogP contribution in [0.25, 0.3) is 0 Å². The predicted octanol–water partition coefficient (Wildman–Crippen LogP) is 3.06. The first kappa shape index (κ1) is 12.3. The van der Waals surface area contributed by atoms with Crippen LogP contribution in [0.2, 0.25) is 5.02 Å². The van der Waals surface area contributed by atoms with Gasteiger partial charge in [0.1, 0.15) is 4.60 Å². The predicted molar refractivity (Wildman–Crippen MR) is 53.2 cm³/mol. The van der Waals surface area contributed by atoms with Crippen LogP contribution in [0.1, 0.15) is 17.7 Å². The lowest BCUT2D eigenvalue weighted by molar-refractivity contribution is -0.136. The molecule has 1 rings (SSSR count). The molecule has 15 heavy (non-hydrogen) atoms. The molecule has 0 fully saturated rings. The lowest BCUT2D eigenvalue weighted by Crippen LogP contribution is -2.05. The van der Waals surface area contributed by atoms with E-state index in [9.17, 15) is 13.6 Å². The molecule has 0 aliphatic heterocycles. The van der Waals surface area contributed by atoms with E-state index in [4.69, 9.17) is 16.7 Å². The summed E-state index contributed by atoms with van der Waals surface area (Å²) in [5.74, 6) is -1.18. The fourth-order valence-electron chi connectivity index (χ4n) is 0.988. The van der Waals surface area contributed by atoms with Gasteiger partial charge in [0.05, 0.1) is 17.1 Å². The van der Waals surface area contributed by atoms with E-state index in [1.54, 1.807) is 0 Å². The van der Waals surface area contributed by atoms with Crippen molar-refractivity contribution < 1.29 is 18.7 Å². The van der Waals surface area contributed by atoms with Crippen molar-refractivity contribution in [1.82, 2.24) is 4.98 Å². The highest BCUT2D eigenvalue weighted by molar-refractivity contribution is 9.10. The largest absolute Gasteiger partial charge is 0.481 e. The second kappa shape index (κ2) is 4.85. The van der Waals surface area contributed by atoms with Crippen LogP contribution in [0.3, 0.4) is 0 Å². The molecule has 1 aromatic rings. The lowest BCUT2D eigenvalue weighted by atomic mass is 10.2. The van der Waals surface area contributed by atoms with Crippen molar-refractivity contribution in [2.24, 2.45) is 0 Å². The van der Waals surface area contributed by atoms with Crippen LogP contribution in [0.15, 0.2) is 10.7 Å². The zero-order valence-electron chi connectivity index (χ0n) is 7.18. The van der Waals surface area contributed by atoms with Crippen molar-refractivity contribution in [3.63, 3.8) is 0 Å². The highest BCUT2D eigenvalue weighted by Gasteiger charge is 2.18. The van der Waals surface area contributed by atoms with Gasteiger partial charge in [-0.15, -0.1) is 0 Å². The van der Waals surface area contributed by atoms with Crippen LogP contribution < -0.4 is 0 Å². The Morgan fingerprint density at radius 2 is 2.27 bits per heavy atom.